The summed E-state index contributed by atoms with van der Waals surface area (Å²) in [6, 6.07) is 10.6. The smallest absolute Gasteiger partial charge is 0.234 e. The highest BCUT2D eigenvalue weighted by molar-refractivity contribution is 7.99. The summed E-state index contributed by atoms with van der Waals surface area (Å²) in [5.74, 6) is 8.62. The van der Waals surface area contributed by atoms with Gasteiger partial charge in [0.1, 0.15) is 5.75 Å². The maximum Gasteiger partial charge on any atom is 0.234 e. The number of hydrogen-bond donors (Lipinski definition) is 2. The van der Waals surface area contributed by atoms with Crippen LogP contribution in [0.25, 0.3) is 11.4 Å². The molecule has 0 fully saturated rings. The molecule has 170 valence electrons. The monoisotopic (exact) mass is 459 g/mol. The minimum Gasteiger partial charge on any atom is -0.494 e. The molecule has 3 rings (SSSR count). The molecule has 0 saturated carbocycles. The molecule has 32 heavy (non-hydrogen) atoms. The topological polar surface area (TPSA) is 123 Å². The molecule has 1 aromatic heterocycles. The van der Waals surface area contributed by atoms with E-state index in [1.807, 2.05) is 6.92 Å². The van der Waals surface area contributed by atoms with Crippen molar-refractivity contribution in [2.45, 2.75) is 12.1 Å². The second kappa shape index (κ2) is 10.6. The lowest BCUT2D eigenvalue weighted by atomic mass is 10.1. The highest BCUT2D eigenvalue weighted by Gasteiger charge is 2.19. The van der Waals surface area contributed by atoms with E-state index in [-0.39, 0.29) is 11.7 Å². The molecule has 10 nitrogen and oxygen atoms in total. The van der Waals surface area contributed by atoms with E-state index >= 15 is 0 Å². The van der Waals surface area contributed by atoms with E-state index in [2.05, 4.69) is 15.5 Å². The molecular weight excluding hydrogens is 434 g/mol. The van der Waals surface area contributed by atoms with Gasteiger partial charge in [0.25, 0.3) is 0 Å². The Balaban J connectivity index is 1.69. The van der Waals surface area contributed by atoms with E-state index in [0.717, 1.165) is 5.75 Å². The number of nitrogens with zero attached hydrogens (tertiary/aromatic N) is 3. The van der Waals surface area contributed by atoms with Gasteiger partial charge in [-0.3, -0.25) is 4.79 Å². The number of carbonyl (C=O) groups is 1. The fourth-order valence-corrected chi connectivity index (χ4v) is 3.57. The highest BCUT2D eigenvalue weighted by Crippen LogP contribution is 2.40. The predicted molar refractivity (Wildman–Crippen MR) is 122 cm³/mol. The SMILES string of the molecule is CCOc1ccc(NC(=O)CSc2nnc(-c3cc(OC)c(OC)c(OC)c3)n2N)cc1. The fraction of sp³-hybridized carbons (Fsp3) is 0.286. The molecule has 2 aromatic carbocycles. The number of thioether (sulfide) groups is 1. The molecule has 0 saturated heterocycles. The summed E-state index contributed by atoms with van der Waals surface area (Å²) >= 11 is 1.17. The first-order chi connectivity index (χ1) is 15.5. The molecule has 0 aliphatic heterocycles. The second-order valence-corrected chi connectivity index (χ2v) is 7.33. The van der Waals surface area contributed by atoms with Crippen molar-refractivity contribution in [1.82, 2.24) is 14.9 Å². The van der Waals surface area contributed by atoms with Crippen molar-refractivity contribution in [2.75, 3.05) is 44.8 Å². The van der Waals surface area contributed by atoms with Gasteiger partial charge in [0.2, 0.25) is 16.8 Å². The van der Waals surface area contributed by atoms with E-state index < -0.39 is 0 Å². The lowest BCUT2D eigenvalue weighted by molar-refractivity contribution is -0.113. The zero-order chi connectivity index (χ0) is 23.1. The van der Waals surface area contributed by atoms with Gasteiger partial charge >= 0.3 is 0 Å². The summed E-state index contributed by atoms with van der Waals surface area (Å²) in [7, 11) is 4.58. The maximum absolute atomic E-state index is 12.3. The molecule has 0 spiro atoms. The first-order valence-electron chi connectivity index (χ1n) is 9.67. The van der Waals surface area contributed by atoms with Crippen molar-refractivity contribution in [2.24, 2.45) is 0 Å². The lowest BCUT2D eigenvalue weighted by Gasteiger charge is -2.13. The zero-order valence-corrected chi connectivity index (χ0v) is 19.1. The van der Waals surface area contributed by atoms with Crippen LogP contribution in [0.3, 0.4) is 0 Å². The number of anilines is 1. The van der Waals surface area contributed by atoms with Gasteiger partial charge in [0, 0.05) is 11.3 Å². The Morgan fingerprint density at radius 1 is 1.06 bits per heavy atom. The van der Waals surface area contributed by atoms with Crippen LogP contribution in [0, 0.1) is 0 Å². The number of carbonyl (C=O) groups excluding carboxylic acids is 1. The molecule has 0 radical (unpaired) electrons. The zero-order valence-electron chi connectivity index (χ0n) is 18.2. The number of nitrogen functional groups attached to an aromatic ring is 1. The third kappa shape index (κ3) is 5.17. The Morgan fingerprint density at radius 2 is 1.72 bits per heavy atom. The number of amides is 1. The first-order valence-corrected chi connectivity index (χ1v) is 10.7. The van der Waals surface area contributed by atoms with E-state index in [1.165, 1.54) is 37.8 Å². The Kier molecular flexibility index (Phi) is 7.66. The van der Waals surface area contributed by atoms with E-state index in [4.69, 9.17) is 24.8 Å². The summed E-state index contributed by atoms with van der Waals surface area (Å²) < 4.78 is 22.8. The van der Waals surface area contributed by atoms with Gasteiger partial charge in [0.15, 0.2) is 17.3 Å². The van der Waals surface area contributed by atoms with Gasteiger partial charge in [-0.25, -0.2) is 4.68 Å². The van der Waals surface area contributed by atoms with Crippen LogP contribution in [-0.4, -0.2) is 54.5 Å². The third-order valence-electron chi connectivity index (χ3n) is 4.37. The Morgan fingerprint density at radius 3 is 2.28 bits per heavy atom. The Bertz CT molecular complexity index is 1050. The van der Waals surface area contributed by atoms with Crippen LogP contribution in [0.5, 0.6) is 23.0 Å². The number of hydrogen-bond acceptors (Lipinski definition) is 9. The van der Waals surface area contributed by atoms with Gasteiger partial charge in [0.05, 0.1) is 33.7 Å². The van der Waals surface area contributed by atoms with Gasteiger partial charge < -0.3 is 30.1 Å². The summed E-state index contributed by atoms with van der Waals surface area (Å²) in [4.78, 5) is 12.3. The minimum atomic E-state index is -0.198. The third-order valence-corrected chi connectivity index (χ3v) is 5.31. The molecule has 3 N–H and O–H groups in total. The minimum absolute atomic E-state index is 0.109. The van der Waals surface area contributed by atoms with Crippen molar-refractivity contribution < 1.29 is 23.7 Å². The average Bonchev–Trinajstić information content (AvgIpc) is 3.18. The second-order valence-electron chi connectivity index (χ2n) is 6.38. The largest absolute Gasteiger partial charge is 0.494 e. The molecule has 1 amide bonds. The normalized spacial score (nSPS) is 10.5. The van der Waals surface area contributed by atoms with Crippen LogP contribution in [0.1, 0.15) is 6.92 Å². The number of ether oxygens (including phenoxy) is 4. The van der Waals surface area contributed by atoms with Crippen LogP contribution in [-0.2, 0) is 4.79 Å². The quantitative estimate of drug-likeness (QED) is 0.348. The summed E-state index contributed by atoms with van der Waals surface area (Å²) in [5, 5.41) is 11.5. The van der Waals surface area contributed by atoms with Crippen LogP contribution in [0.15, 0.2) is 41.6 Å². The molecule has 0 aliphatic rings. The maximum atomic E-state index is 12.3. The van der Waals surface area contributed by atoms with Crippen LogP contribution in [0.4, 0.5) is 5.69 Å². The van der Waals surface area contributed by atoms with Crippen molar-refractivity contribution in [3.8, 4) is 34.4 Å². The average molecular weight is 460 g/mol. The standard InChI is InChI=1S/C21H25N5O5S/c1-5-31-15-8-6-14(7-9-15)23-18(27)12-32-21-25-24-20(26(21)22)13-10-16(28-2)19(30-4)17(11-13)29-3/h6-11H,5,12,22H2,1-4H3,(H,23,27). The van der Waals surface area contributed by atoms with Gasteiger partial charge in [-0.1, -0.05) is 11.8 Å². The molecule has 0 aliphatic carbocycles. The fourth-order valence-electron chi connectivity index (χ4n) is 2.91. The van der Waals surface area contributed by atoms with Crippen LogP contribution >= 0.6 is 11.8 Å². The molecule has 3 aromatic rings. The van der Waals surface area contributed by atoms with Crippen LogP contribution < -0.4 is 30.1 Å². The lowest BCUT2D eigenvalue weighted by Crippen LogP contribution is -2.16. The summed E-state index contributed by atoms with van der Waals surface area (Å²) in [5.41, 5.74) is 1.30. The number of aromatic nitrogens is 3. The molecule has 0 bridgehead atoms. The van der Waals surface area contributed by atoms with Gasteiger partial charge in [-0.15, -0.1) is 10.2 Å². The number of rotatable bonds is 10. The van der Waals surface area contributed by atoms with Crippen molar-refractivity contribution in [3.63, 3.8) is 0 Å². The van der Waals surface area contributed by atoms with Crippen molar-refractivity contribution in [1.29, 1.82) is 0 Å². The highest BCUT2D eigenvalue weighted by atomic mass is 32.2. The molecule has 1 heterocycles. The number of methoxy groups -OCH3 is 3. The number of nitrogens with one attached hydrogen (secondary N) is 1. The Hall–Kier alpha value is -3.60. The summed E-state index contributed by atoms with van der Waals surface area (Å²) in [6.45, 7) is 2.50. The van der Waals surface area contributed by atoms with Crippen molar-refractivity contribution >= 4 is 23.4 Å². The van der Waals surface area contributed by atoms with E-state index in [0.29, 0.717) is 46.1 Å². The number of nitrogens with two attached hydrogens (primary N) is 1. The van der Waals surface area contributed by atoms with Crippen LogP contribution in [0.2, 0.25) is 0 Å². The van der Waals surface area contributed by atoms with E-state index in [9.17, 15) is 4.79 Å². The predicted octanol–water partition coefficient (Wildman–Crippen LogP) is 2.81. The van der Waals surface area contributed by atoms with Gasteiger partial charge in [-0.2, -0.15) is 0 Å². The summed E-state index contributed by atoms with van der Waals surface area (Å²) in [6.07, 6.45) is 0. The molecular formula is C21H25N5O5S. The molecule has 11 heteroatoms. The van der Waals surface area contributed by atoms with E-state index in [1.54, 1.807) is 36.4 Å². The Labute approximate surface area is 190 Å². The molecule has 0 atom stereocenters. The van der Waals surface area contributed by atoms with Gasteiger partial charge in [-0.05, 0) is 43.3 Å². The first kappa shape index (κ1) is 23.1. The van der Waals surface area contributed by atoms with Crippen molar-refractivity contribution in [3.05, 3.63) is 36.4 Å². The number of benzene rings is 2. The molecule has 0 unspecified atom stereocenters.